The maximum Gasteiger partial charge on any atom is 0.242 e. The van der Waals surface area contributed by atoms with Crippen LogP contribution in [0.2, 0.25) is 0 Å². The van der Waals surface area contributed by atoms with Gasteiger partial charge in [-0.15, -0.1) is 0 Å². The summed E-state index contributed by atoms with van der Waals surface area (Å²) in [6, 6.07) is 8.26. The second-order valence-corrected chi connectivity index (χ2v) is 7.26. The molecule has 1 atom stereocenters. The van der Waals surface area contributed by atoms with Gasteiger partial charge in [0.2, 0.25) is 5.91 Å². The lowest BCUT2D eigenvalue weighted by atomic mass is 10.0. The highest BCUT2D eigenvalue weighted by molar-refractivity contribution is 6.10. The first-order valence-electron chi connectivity index (χ1n) is 9.06. The molecule has 0 unspecified atom stereocenters. The van der Waals surface area contributed by atoms with E-state index < -0.39 is 0 Å². The summed E-state index contributed by atoms with van der Waals surface area (Å²) >= 11 is 0. The zero-order valence-electron chi connectivity index (χ0n) is 14.2. The van der Waals surface area contributed by atoms with Crippen LogP contribution in [0.4, 0.5) is 0 Å². The van der Waals surface area contributed by atoms with Crippen LogP contribution >= 0.6 is 0 Å². The van der Waals surface area contributed by atoms with Gasteiger partial charge in [0, 0.05) is 41.2 Å². The second-order valence-electron chi connectivity index (χ2n) is 7.26. The monoisotopic (exact) mass is 324 g/mol. The molecule has 2 fully saturated rings. The van der Waals surface area contributed by atoms with E-state index in [4.69, 9.17) is 0 Å². The quantitative estimate of drug-likeness (QED) is 0.806. The molecule has 126 valence electrons. The SMILES string of the molecule is C[C@H]1CCCCN1C(=O)Cn1cc(C(=O)C2CC2)c2ccccc21. The van der Waals surface area contributed by atoms with Gasteiger partial charge in [0.15, 0.2) is 5.78 Å². The number of likely N-dealkylation sites (tertiary alicyclic amines) is 1. The van der Waals surface area contributed by atoms with Gasteiger partial charge >= 0.3 is 0 Å². The van der Waals surface area contributed by atoms with Gasteiger partial charge in [-0.05, 0) is 45.1 Å². The fourth-order valence-electron chi connectivity index (χ4n) is 3.84. The first kappa shape index (κ1) is 15.4. The molecule has 1 amide bonds. The van der Waals surface area contributed by atoms with E-state index in [9.17, 15) is 9.59 Å². The summed E-state index contributed by atoms with van der Waals surface area (Å²) in [6.45, 7) is 3.31. The predicted octanol–water partition coefficient (Wildman–Crippen LogP) is 3.64. The summed E-state index contributed by atoms with van der Waals surface area (Å²) < 4.78 is 1.97. The number of fused-ring (bicyclic) bond motifs is 1. The number of benzene rings is 1. The van der Waals surface area contributed by atoms with Crippen LogP contribution in [0.15, 0.2) is 30.5 Å². The Labute approximate surface area is 142 Å². The molecule has 2 aromatic rings. The van der Waals surface area contributed by atoms with Crippen LogP contribution in [0.25, 0.3) is 10.9 Å². The van der Waals surface area contributed by atoms with Gasteiger partial charge in [-0.2, -0.15) is 0 Å². The number of hydrogen-bond acceptors (Lipinski definition) is 2. The number of rotatable bonds is 4. The van der Waals surface area contributed by atoms with E-state index in [0.29, 0.717) is 12.6 Å². The number of para-hydroxylation sites is 1. The number of carbonyl (C=O) groups excluding carboxylic acids is 2. The van der Waals surface area contributed by atoms with Gasteiger partial charge in [0.05, 0.1) is 0 Å². The number of amides is 1. The van der Waals surface area contributed by atoms with E-state index >= 15 is 0 Å². The predicted molar refractivity (Wildman–Crippen MR) is 94.0 cm³/mol. The van der Waals surface area contributed by atoms with Crippen LogP contribution in [0.1, 0.15) is 49.4 Å². The van der Waals surface area contributed by atoms with Crippen LogP contribution in [0, 0.1) is 5.92 Å². The minimum absolute atomic E-state index is 0.161. The maximum atomic E-state index is 12.8. The highest BCUT2D eigenvalue weighted by Crippen LogP contribution is 2.35. The smallest absolute Gasteiger partial charge is 0.242 e. The zero-order valence-corrected chi connectivity index (χ0v) is 14.2. The average molecular weight is 324 g/mol. The Hall–Kier alpha value is -2.10. The van der Waals surface area contributed by atoms with Gasteiger partial charge < -0.3 is 9.47 Å². The molecule has 2 heterocycles. The van der Waals surface area contributed by atoms with Crippen molar-refractivity contribution in [1.82, 2.24) is 9.47 Å². The summed E-state index contributed by atoms with van der Waals surface area (Å²) in [5.41, 5.74) is 1.77. The van der Waals surface area contributed by atoms with Crippen molar-refractivity contribution in [1.29, 1.82) is 0 Å². The normalized spacial score (nSPS) is 21.2. The minimum Gasteiger partial charge on any atom is -0.338 e. The van der Waals surface area contributed by atoms with Crippen molar-refractivity contribution in [3.63, 3.8) is 0 Å². The molecule has 0 bridgehead atoms. The van der Waals surface area contributed by atoms with Crippen LogP contribution in [0.3, 0.4) is 0 Å². The first-order valence-corrected chi connectivity index (χ1v) is 9.06. The summed E-state index contributed by atoms with van der Waals surface area (Å²) in [5, 5.41) is 0.980. The lowest BCUT2D eigenvalue weighted by Crippen LogP contribution is -2.43. The summed E-state index contributed by atoms with van der Waals surface area (Å²) in [5.74, 6) is 0.596. The molecule has 4 rings (SSSR count). The average Bonchev–Trinajstić information content (AvgIpc) is 3.38. The van der Waals surface area contributed by atoms with Crippen molar-refractivity contribution in [2.24, 2.45) is 5.92 Å². The number of ketones is 1. The highest BCUT2D eigenvalue weighted by atomic mass is 16.2. The molecule has 2 aliphatic rings. The second kappa shape index (κ2) is 6.08. The highest BCUT2D eigenvalue weighted by Gasteiger charge is 2.32. The van der Waals surface area contributed by atoms with Crippen molar-refractivity contribution in [3.8, 4) is 0 Å². The molecule has 0 N–H and O–H groups in total. The number of carbonyl (C=O) groups is 2. The number of aromatic nitrogens is 1. The molecule has 1 aliphatic heterocycles. The molecule has 1 aliphatic carbocycles. The van der Waals surface area contributed by atoms with E-state index in [1.165, 1.54) is 6.42 Å². The summed E-state index contributed by atoms with van der Waals surface area (Å²) in [4.78, 5) is 27.3. The standard InChI is InChI=1S/C20H24N2O2/c1-14-6-4-5-11-22(14)19(23)13-21-12-17(20(24)15-9-10-15)16-7-2-3-8-18(16)21/h2-3,7-8,12,14-15H,4-6,9-11,13H2,1H3/t14-/m0/s1. The fraction of sp³-hybridized carbons (Fsp3) is 0.500. The molecule has 24 heavy (non-hydrogen) atoms. The summed E-state index contributed by atoms with van der Waals surface area (Å²) in [7, 11) is 0. The Bertz CT molecular complexity index is 788. The first-order chi connectivity index (χ1) is 11.6. The largest absolute Gasteiger partial charge is 0.338 e. The van der Waals surface area contributed by atoms with E-state index in [0.717, 1.165) is 48.7 Å². The molecule has 1 saturated carbocycles. The van der Waals surface area contributed by atoms with Crippen molar-refractivity contribution in [2.45, 2.75) is 51.6 Å². The van der Waals surface area contributed by atoms with Crippen molar-refractivity contribution >= 4 is 22.6 Å². The Balaban J connectivity index is 1.64. The van der Waals surface area contributed by atoms with Crippen molar-refractivity contribution in [3.05, 3.63) is 36.0 Å². The third-order valence-electron chi connectivity index (χ3n) is 5.43. The van der Waals surface area contributed by atoms with Gasteiger partial charge in [-0.1, -0.05) is 18.2 Å². The number of hydrogen-bond donors (Lipinski definition) is 0. The topological polar surface area (TPSA) is 42.3 Å². The Morgan fingerprint density at radius 3 is 2.67 bits per heavy atom. The van der Waals surface area contributed by atoms with Crippen LogP contribution in [0.5, 0.6) is 0 Å². The number of Topliss-reactive ketones (excluding diaryl/α,β-unsaturated/α-hetero) is 1. The molecule has 4 nitrogen and oxygen atoms in total. The third kappa shape index (κ3) is 2.74. The number of nitrogens with zero attached hydrogens (tertiary/aromatic N) is 2. The zero-order chi connectivity index (χ0) is 16.7. The lowest BCUT2D eigenvalue weighted by Gasteiger charge is -2.33. The van der Waals surface area contributed by atoms with E-state index in [2.05, 4.69) is 6.92 Å². The Morgan fingerprint density at radius 2 is 1.92 bits per heavy atom. The molecular formula is C20H24N2O2. The van der Waals surface area contributed by atoms with Crippen molar-refractivity contribution < 1.29 is 9.59 Å². The lowest BCUT2D eigenvalue weighted by molar-refractivity contribution is -0.135. The number of piperidine rings is 1. The van der Waals surface area contributed by atoms with Gasteiger partial charge in [-0.25, -0.2) is 0 Å². The Morgan fingerprint density at radius 1 is 1.12 bits per heavy atom. The molecule has 0 radical (unpaired) electrons. The Kier molecular flexibility index (Phi) is 3.91. The molecule has 1 saturated heterocycles. The van der Waals surface area contributed by atoms with E-state index in [1.54, 1.807) is 0 Å². The molecular weight excluding hydrogens is 300 g/mol. The molecule has 0 spiro atoms. The maximum absolute atomic E-state index is 12.8. The van der Waals surface area contributed by atoms with Crippen LogP contribution < -0.4 is 0 Å². The van der Waals surface area contributed by atoms with E-state index in [1.807, 2.05) is 39.9 Å². The molecule has 1 aromatic carbocycles. The van der Waals surface area contributed by atoms with Crippen LogP contribution in [-0.4, -0.2) is 33.7 Å². The van der Waals surface area contributed by atoms with Gasteiger partial charge in [0.25, 0.3) is 0 Å². The third-order valence-corrected chi connectivity index (χ3v) is 5.43. The van der Waals surface area contributed by atoms with E-state index in [-0.39, 0.29) is 17.6 Å². The van der Waals surface area contributed by atoms with Gasteiger partial charge in [-0.3, -0.25) is 9.59 Å². The molecule has 4 heteroatoms. The minimum atomic E-state index is 0.161. The van der Waals surface area contributed by atoms with Gasteiger partial charge in [0.1, 0.15) is 6.54 Å². The fourth-order valence-corrected chi connectivity index (χ4v) is 3.84. The summed E-state index contributed by atoms with van der Waals surface area (Å²) in [6.07, 6.45) is 7.29. The van der Waals surface area contributed by atoms with Crippen LogP contribution in [-0.2, 0) is 11.3 Å². The van der Waals surface area contributed by atoms with Crippen molar-refractivity contribution in [2.75, 3.05) is 6.54 Å². The molecule has 1 aromatic heterocycles.